The van der Waals surface area contributed by atoms with E-state index in [9.17, 15) is 18.4 Å². The van der Waals surface area contributed by atoms with Gasteiger partial charge in [-0.05, 0) is 0 Å². The summed E-state index contributed by atoms with van der Waals surface area (Å²) in [7, 11) is 0. The Labute approximate surface area is 95.7 Å². The van der Waals surface area contributed by atoms with Crippen LogP contribution in [0.2, 0.25) is 0 Å². The average Bonchev–Trinajstić information content (AvgIpc) is 2.24. The van der Waals surface area contributed by atoms with Crippen LogP contribution >= 0.6 is 0 Å². The number of carbonyl (C=O) groups excluding carboxylic acids is 1. The van der Waals surface area contributed by atoms with Gasteiger partial charge < -0.3 is 25.6 Å². The predicted octanol–water partition coefficient (Wildman–Crippen LogP) is -0.987. The summed E-state index contributed by atoms with van der Waals surface area (Å²) < 4.78 is 27.7. The molecule has 0 fully saturated rings. The minimum absolute atomic E-state index is 0.00171. The van der Waals surface area contributed by atoms with Crippen LogP contribution in [0.3, 0.4) is 0 Å². The Kier molecular flexibility index (Phi) is 7.89. The third-order valence-electron chi connectivity index (χ3n) is 1.52. The molecule has 100 valence electrons. The van der Waals surface area contributed by atoms with E-state index in [2.05, 4.69) is 15.4 Å². The number of urea groups is 1. The first-order valence-electron chi connectivity index (χ1n) is 4.72. The second kappa shape index (κ2) is 8.65. The molecule has 0 aromatic heterocycles. The van der Waals surface area contributed by atoms with Gasteiger partial charge in [0.25, 0.3) is 6.43 Å². The highest BCUT2D eigenvalue weighted by atomic mass is 19.3. The van der Waals surface area contributed by atoms with E-state index in [-0.39, 0.29) is 13.2 Å². The predicted molar refractivity (Wildman–Crippen MR) is 51.9 cm³/mol. The number of carboxylic acid groups (broad SMARTS) is 1. The lowest BCUT2D eigenvalue weighted by atomic mass is 10.4. The van der Waals surface area contributed by atoms with Gasteiger partial charge in [-0.1, -0.05) is 0 Å². The van der Waals surface area contributed by atoms with E-state index in [0.29, 0.717) is 0 Å². The van der Waals surface area contributed by atoms with Gasteiger partial charge in [-0.25, -0.2) is 18.4 Å². The molecule has 2 amide bonds. The Bertz CT molecular complexity index is 252. The minimum atomic E-state index is -2.56. The number of hydrogen-bond donors (Lipinski definition) is 4. The number of amides is 2. The fraction of sp³-hybridized carbons (Fsp3) is 0.750. The number of rotatable bonds is 8. The van der Waals surface area contributed by atoms with Crippen LogP contribution in [0, 0.1) is 0 Å². The minimum Gasteiger partial charge on any atom is -0.479 e. The lowest BCUT2D eigenvalue weighted by Gasteiger charge is -2.09. The normalized spacial score (nSPS) is 12.2. The van der Waals surface area contributed by atoms with Crippen LogP contribution in [0.15, 0.2) is 0 Å². The summed E-state index contributed by atoms with van der Waals surface area (Å²) in [6.45, 7) is -1.24. The number of carboxylic acids is 1. The maximum Gasteiger partial charge on any atom is 0.334 e. The number of nitrogens with one attached hydrogen (secondary N) is 2. The number of aliphatic hydroxyl groups excluding tert-OH is 1. The quantitative estimate of drug-likeness (QED) is 0.417. The van der Waals surface area contributed by atoms with Gasteiger partial charge in [0.2, 0.25) is 0 Å². The van der Waals surface area contributed by atoms with Crippen molar-refractivity contribution in [2.24, 2.45) is 0 Å². The Morgan fingerprint density at radius 3 is 2.47 bits per heavy atom. The van der Waals surface area contributed by atoms with E-state index in [4.69, 9.17) is 10.2 Å². The molecule has 0 radical (unpaired) electrons. The van der Waals surface area contributed by atoms with Crippen LogP contribution in [-0.4, -0.2) is 61.0 Å². The zero-order valence-electron chi connectivity index (χ0n) is 8.86. The Hall–Kier alpha value is -1.48. The highest BCUT2D eigenvalue weighted by Gasteiger charge is 2.13. The van der Waals surface area contributed by atoms with Crippen molar-refractivity contribution in [3.63, 3.8) is 0 Å². The highest BCUT2D eigenvalue weighted by molar-refractivity contribution is 5.76. The second-order valence-corrected chi connectivity index (χ2v) is 2.96. The number of carbonyl (C=O) groups is 2. The van der Waals surface area contributed by atoms with Crippen molar-refractivity contribution in [3.8, 4) is 0 Å². The zero-order valence-corrected chi connectivity index (χ0v) is 8.86. The fourth-order valence-electron chi connectivity index (χ4n) is 0.748. The molecule has 0 aliphatic carbocycles. The van der Waals surface area contributed by atoms with Crippen molar-refractivity contribution >= 4 is 12.0 Å². The maximum atomic E-state index is 11.6. The van der Waals surface area contributed by atoms with E-state index < -0.39 is 37.7 Å². The fourth-order valence-corrected chi connectivity index (χ4v) is 0.748. The van der Waals surface area contributed by atoms with Gasteiger partial charge in [0.1, 0.15) is 6.61 Å². The van der Waals surface area contributed by atoms with E-state index in [1.165, 1.54) is 0 Å². The van der Waals surface area contributed by atoms with Crippen LogP contribution in [0.5, 0.6) is 0 Å². The van der Waals surface area contributed by atoms with Crippen LogP contribution < -0.4 is 10.6 Å². The largest absolute Gasteiger partial charge is 0.479 e. The molecule has 1 unspecified atom stereocenters. The number of aliphatic carboxylic acids is 1. The number of aliphatic hydroxyl groups is 1. The molecule has 0 saturated heterocycles. The first-order valence-corrected chi connectivity index (χ1v) is 4.72. The molecule has 0 aromatic carbocycles. The van der Waals surface area contributed by atoms with Gasteiger partial charge in [0, 0.05) is 6.54 Å². The lowest BCUT2D eigenvalue weighted by molar-refractivity contribution is -0.146. The van der Waals surface area contributed by atoms with Crippen molar-refractivity contribution in [1.29, 1.82) is 0 Å². The van der Waals surface area contributed by atoms with Crippen molar-refractivity contribution < 1.29 is 33.3 Å². The number of alkyl halides is 2. The molecule has 0 bridgehead atoms. The molecule has 17 heavy (non-hydrogen) atoms. The molecule has 0 spiro atoms. The summed E-state index contributed by atoms with van der Waals surface area (Å²) in [6.07, 6.45) is -4.25. The number of ether oxygens (including phenoxy) is 1. The third-order valence-corrected chi connectivity index (χ3v) is 1.52. The number of hydrogen-bond acceptors (Lipinski definition) is 4. The molecular formula is C8H14F2N2O5. The standard InChI is InChI=1S/C8H14F2N2O5/c9-6(10)4-17-2-1-11-8(16)12-3-5(13)7(14)15/h5-6,13H,1-4H2,(H,14,15)(H2,11,12,16). The van der Waals surface area contributed by atoms with E-state index in [0.717, 1.165) is 0 Å². The number of halogens is 2. The first kappa shape index (κ1) is 15.5. The summed E-state index contributed by atoms with van der Waals surface area (Å²) in [4.78, 5) is 21.1. The summed E-state index contributed by atoms with van der Waals surface area (Å²) in [5.74, 6) is -1.45. The second-order valence-electron chi connectivity index (χ2n) is 2.96. The summed E-state index contributed by atoms with van der Waals surface area (Å²) in [5.41, 5.74) is 0. The van der Waals surface area contributed by atoms with Crippen molar-refractivity contribution in [2.45, 2.75) is 12.5 Å². The molecule has 0 aliphatic rings. The van der Waals surface area contributed by atoms with Crippen LogP contribution in [-0.2, 0) is 9.53 Å². The van der Waals surface area contributed by atoms with Crippen molar-refractivity contribution in [3.05, 3.63) is 0 Å². The smallest absolute Gasteiger partial charge is 0.334 e. The lowest BCUT2D eigenvalue weighted by Crippen LogP contribution is -2.43. The monoisotopic (exact) mass is 256 g/mol. The van der Waals surface area contributed by atoms with Crippen LogP contribution in [0.1, 0.15) is 0 Å². The molecule has 0 rings (SSSR count). The van der Waals surface area contributed by atoms with Crippen LogP contribution in [0.25, 0.3) is 0 Å². The molecule has 1 atom stereocenters. The SMILES string of the molecule is O=C(NCCOCC(F)F)NCC(O)C(=O)O. The first-order chi connectivity index (χ1) is 7.93. The molecule has 0 saturated carbocycles. The van der Waals surface area contributed by atoms with E-state index >= 15 is 0 Å². The van der Waals surface area contributed by atoms with Crippen LogP contribution in [0.4, 0.5) is 13.6 Å². The van der Waals surface area contributed by atoms with Crippen molar-refractivity contribution in [2.75, 3.05) is 26.3 Å². The van der Waals surface area contributed by atoms with Gasteiger partial charge in [0.15, 0.2) is 6.10 Å². The summed E-state index contributed by atoms with van der Waals surface area (Å²) >= 11 is 0. The molecule has 4 N–H and O–H groups in total. The molecule has 0 heterocycles. The maximum absolute atomic E-state index is 11.6. The molecule has 0 aliphatic heterocycles. The van der Waals surface area contributed by atoms with E-state index in [1.54, 1.807) is 0 Å². The zero-order chi connectivity index (χ0) is 13.3. The van der Waals surface area contributed by atoms with Gasteiger partial charge >= 0.3 is 12.0 Å². The van der Waals surface area contributed by atoms with E-state index in [1.807, 2.05) is 0 Å². The average molecular weight is 256 g/mol. The van der Waals surface area contributed by atoms with Gasteiger partial charge in [0.05, 0.1) is 13.2 Å². The van der Waals surface area contributed by atoms with Gasteiger partial charge in [-0.2, -0.15) is 0 Å². The molecular weight excluding hydrogens is 242 g/mol. The highest BCUT2D eigenvalue weighted by Crippen LogP contribution is 1.91. The third kappa shape index (κ3) is 9.45. The van der Waals surface area contributed by atoms with Gasteiger partial charge in [-0.3, -0.25) is 0 Å². The Morgan fingerprint density at radius 1 is 1.29 bits per heavy atom. The Balaban J connectivity index is 3.44. The molecule has 7 nitrogen and oxygen atoms in total. The van der Waals surface area contributed by atoms with Gasteiger partial charge in [-0.15, -0.1) is 0 Å². The molecule has 9 heteroatoms. The Morgan fingerprint density at radius 2 is 1.94 bits per heavy atom. The summed E-state index contributed by atoms with van der Waals surface area (Å²) in [5, 5.41) is 21.4. The molecule has 0 aromatic rings. The van der Waals surface area contributed by atoms with Crippen molar-refractivity contribution in [1.82, 2.24) is 10.6 Å². The summed E-state index contributed by atoms with van der Waals surface area (Å²) in [6, 6.07) is -0.717. The topological polar surface area (TPSA) is 108 Å².